The average molecular weight is 352 g/mol. The van der Waals surface area contributed by atoms with Crippen LogP contribution in [0.2, 0.25) is 0 Å². The summed E-state index contributed by atoms with van der Waals surface area (Å²) in [7, 11) is 0. The first-order chi connectivity index (χ1) is 11.9. The Bertz CT molecular complexity index is 931. The third-order valence-electron chi connectivity index (χ3n) is 4.17. The SMILES string of the molecule is Cc1ccc(C(=O)CSc2nnc(-c3ccc(C)c(C)c3)o2)c(C)c1. The highest BCUT2D eigenvalue weighted by Crippen LogP contribution is 2.25. The second kappa shape index (κ2) is 7.23. The maximum Gasteiger partial charge on any atom is 0.277 e. The van der Waals surface area contributed by atoms with Crippen LogP contribution >= 0.6 is 11.8 Å². The first kappa shape index (κ1) is 17.4. The van der Waals surface area contributed by atoms with Gasteiger partial charge >= 0.3 is 0 Å². The molecule has 3 rings (SSSR count). The quantitative estimate of drug-likeness (QED) is 0.480. The fraction of sp³-hybridized carbons (Fsp3) is 0.250. The lowest BCUT2D eigenvalue weighted by molar-refractivity contribution is 0.102. The monoisotopic (exact) mass is 352 g/mol. The maximum absolute atomic E-state index is 12.4. The summed E-state index contributed by atoms with van der Waals surface area (Å²) in [5, 5.41) is 8.54. The molecule has 0 aliphatic carbocycles. The molecule has 0 unspecified atom stereocenters. The Labute approximate surface area is 151 Å². The van der Waals surface area contributed by atoms with Gasteiger partial charge in [0.2, 0.25) is 5.89 Å². The molecule has 0 atom stereocenters. The van der Waals surface area contributed by atoms with Gasteiger partial charge in [-0.3, -0.25) is 4.79 Å². The number of ketones is 1. The molecule has 0 fully saturated rings. The molecule has 0 N–H and O–H groups in total. The number of aryl methyl sites for hydroxylation is 4. The van der Waals surface area contributed by atoms with E-state index in [0.29, 0.717) is 11.1 Å². The highest BCUT2D eigenvalue weighted by atomic mass is 32.2. The lowest BCUT2D eigenvalue weighted by Gasteiger charge is -2.04. The molecule has 3 aromatic rings. The van der Waals surface area contributed by atoms with Gasteiger partial charge in [0.25, 0.3) is 5.22 Å². The Balaban J connectivity index is 1.69. The Hall–Kier alpha value is -2.40. The smallest absolute Gasteiger partial charge is 0.277 e. The summed E-state index contributed by atoms with van der Waals surface area (Å²) in [5.74, 6) is 0.816. The fourth-order valence-electron chi connectivity index (χ4n) is 2.59. The predicted molar refractivity (Wildman–Crippen MR) is 100 cm³/mol. The minimum Gasteiger partial charge on any atom is -0.411 e. The number of nitrogens with zero attached hydrogens (tertiary/aromatic N) is 2. The fourth-order valence-corrected chi connectivity index (χ4v) is 3.24. The zero-order chi connectivity index (χ0) is 18.0. The minimum atomic E-state index is 0.0634. The van der Waals surface area contributed by atoms with Crippen molar-refractivity contribution in [3.63, 3.8) is 0 Å². The van der Waals surface area contributed by atoms with Crippen LogP contribution < -0.4 is 0 Å². The third kappa shape index (κ3) is 3.99. The molecule has 25 heavy (non-hydrogen) atoms. The molecule has 0 bridgehead atoms. The van der Waals surface area contributed by atoms with Crippen molar-refractivity contribution in [1.29, 1.82) is 0 Å². The van der Waals surface area contributed by atoms with E-state index < -0.39 is 0 Å². The van der Waals surface area contributed by atoms with Crippen LogP contribution in [0.15, 0.2) is 46.0 Å². The summed E-state index contributed by atoms with van der Waals surface area (Å²) in [5.41, 5.74) is 6.17. The predicted octanol–water partition coefficient (Wildman–Crippen LogP) is 4.95. The Morgan fingerprint density at radius 1 is 0.960 bits per heavy atom. The van der Waals surface area contributed by atoms with Crippen LogP contribution in [0.25, 0.3) is 11.5 Å². The number of Topliss-reactive ketones (excluding diaryl/α,β-unsaturated/α-hetero) is 1. The lowest BCUT2D eigenvalue weighted by atomic mass is 10.0. The second-order valence-corrected chi connectivity index (χ2v) is 7.13. The summed E-state index contributed by atoms with van der Waals surface area (Å²) in [6.45, 7) is 8.08. The van der Waals surface area contributed by atoms with Gasteiger partial charge in [0.05, 0.1) is 5.75 Å². The van der Waals surface area contributed by atoms with E-state index >= 15 is 0 Å². The van der Waals surface area contributed by atoms with Crippen molar-refractivity contribution in [2.75, 3.05) is 5.75 Å². The van der Waals surface area contributed by atoms with Gasteiger partial charge in [-0.2, -0.15) is 0 Å². The van der Waals surface area contributed by atoms with E-state index in [-0.39, 0.29) is 11.5 Å². The first-order valence-corrected chi connectivity index (χ1v) is 9.07. The molecule has 0 aliphatic heterocycles. The van der Waals surface area contributed by atoms with E-state index in [2.05, 4.69) is 17.1 Å². The van der Waals surface area contributed by atoms with E-state index in [0.717, 1.165) is 22.3 Å². The van der Waals surface area contributed by atoms with Crippen LogP contribution in [0.1, 0.15) is 32.6 Å². The molecular weight excluding hydrogens is 332 g/mol. The number of aromatic nitrogens is 2. The Morgan fingerprint density at radius 2 is 1.76 bits per heavy atom. The highest BCUT2D eigenvalue weighted by molar-refractivity contribution is 7.99. The number of thioether (sulfide) groups is 1. The van der Waals surface area contributed by atoms with Crippen LogP contribution in [0.4, 0.5) is 0 Å². The second-order valence-electron chi connectivity index (χ2n) is 6.20. The Kier molecular flexibility index (Phi) is 5.04. The Morgan fingerprint density at radius 3 is 2.48 bits per heavy atom. The van der Waals surface area contributed by atoms with Crippen molar-refractivity contribution in [2.24, 2.45) is 0 Å². The molecule has 0 aliphatic rings. The zero-order valence-corrected chi connectivity index (χ0v) is 15.6. The van der Waals surface area contributed by atoms with Gasteiger partial charge in [-0.25, -0.2) is 0 Å². The molecule has 0 saturated carbocycles. The molecule has 0 amide bonds. The number of rotatable bonds is 5. The lowest BCUT2D eigenvalue weighted by Crippen LogP contribution is -2.04. The van der Waals surface area contributed by atoms with E-state index in [1.807, 2.05) is 57.2 Å². The van der Waals surface area contributed by atoms with Crippen LogP contribution in [-0.4, -0.2) is 21.7 Å². The number of benzene rings is 2. The normalized spacial score (nSPS) is 10.9. The van der Waals surface area contributed by atoms with Crippen LogP contribution in [0.5, 0.6) is 0 Å². The number of carbonyl (C=O) groups is 1. The summed E-state index contributed by atoms with van der Waals surface area (Å²) in [4.78, 5) is 12.4. The van der Waals surface area contributed by atoms with E-state index in [4.69, 9.17) is 4.42 Å². The number of hydrogen-bond acceptors (Lipinski definition) is 5. The third-order valence-corrected chi connectivity index (χ3v) is 4.99. The molecule has 0 radical (unpaired) electrons. The zero-order valence-electron chi connectivity index (χ0n) is 14.8. The summed E-state index contributed by atoms with van der Waals surface area (Å²) in [6.07, 6.45) is 0. The molecule has 4 nitrogen and oxygen atoms in total. The molecule has 128 valence electrons. The largest absolute Gasteiger partial charge is 0.411 e. The molecule has 1 heterocycles. The van der Waals surface area contributed by atoms with Crippen molar-refractivity contribution in [3.05, 3.63) is 64.2 Å². The van der Waals surface area contributed by atoms with Gasteiger partial charge in [-0.15, -0.1) is 10.2 Å². The number of carbonyl (C=O) groups excluding carboxylic acids is 1. The van der Waals surface area contributed by atoms with Crippen molar-refractivity contribution in [1.82, 2.24) is 10.2 Å². The van der Waals surface area contributed by atoms with Gasteiger partial charge in [0.1, 0.15) is 0 Å². The van der Waals surface area contributed by atoms with Crippen LogP contribution in [0, 0.1) is 27.7 Å². The van der Waals surface area contributed by atoms with Gasteiger partial charge in [-0.05, 0) is 56.5 Å². The van der Waals surface area contributed by atoms with Gasteiger partial charge in [0, 0.05) is 11.1 Å². The van der Waals surface area contributed by atoms with Crippen molar-refractivity contribution in [2.45, 2.75) is 32.9 Å². The minimum absolute atomic E-state index is 0.0634. The van der Waals surface area contributed by atoms with E-state index in [1.54, 1.807) is 0 Å². The molecule has 2 aromatic carbocycles. The first-order valence-electron chi connectivity index (χ1n) is 8.08. The van der Waals surface area contributed by atoms with Crippen LogP contribution in [0.3, 0.4) is 0 Å². The van der Waals surface area contributed by atoms with E-state index in [9.17, 15) is 4.79 Å². The average Bonchev–Trinajstić information content (AvgIpc) is 3.04. The van der Waals surface area contributed by atoms with Gasteiger partial charge in [-0.1, -0.05) is 41.6 Å². The van der Waals surface area contributed by atoms with Gasteiger partial charge in [0.15, 0.2) is 5.78 Å². The summed E-state index contributed by atoms with van der Waals surface area (Å²) >= 11 is 1.27. The molecule has 5 heteroatoms. The van der Waals surface area contributed by atoms with Crippen molar-refractivity contribution in [3.8, 4) is 11.5 Å². The molecule has 0 saturated heterocycles. The summed E-state index contributed by atoms with van der Waals surface area (Å²) in [6, 6.07) is 11.9. The topological polar surface area (TPSA) is 56.0 Å². The van der Waals surface area contributed by atoms with Crippen molar-refractivity contribution >= 4 is 17.5 Å². The molecular formula is C20H20N2O2S. The van der Waals surface area contributed by atoms with Crippen LogP contribution in [-0.2, 0) is 0 Å². The maximum atomic E-state index is 12.4. The molecule has 1 aromatic heterocycles. The van der Waals surface area contributed by atoms with E-state index in [1.165, 1.54) is 22.9 Å². The number of hydrogen-bond donors (Lipinski definition) is 0. The standard InChI is InChI=1S/C20H20N2O2S/c1-12-5-8-17(15(4)9-12)18(23)11-25-20-22-21-19(24-20)16-7-6-13(2)14(3)10-16/h5-10H,11H2,1-4H3. The molecule has 0 spiro atoms. The van der Waals surface area contributed by atoms with Gasteiger partial charge < -0.3 is 4.42 Å². The summed E-state index contributed by atoms with van der Waals surface area (Å²) < 4.78 is 5.69. The van der Waals surface area contributed by atoms with Crippen molar-refractivity contribution < 1.29 is 9.21 Å². The highest BCUT2D eigenvalue weighted by Gasteiger charge is 2.14.